The molecule has 0 saturated heterocycles. The van der Waals surface area contributed by atoms with Crippen molar-refractivity contribution in [1.82, 2.24) is 0 Å². The number of nitrogens with two attached hydrogens (primary N) is 1. The smallest absolute Gasteiger partial charge is 0.0991 e. The number of aliphatic imine (C=N–C) groups is 1. The molecule has 0 bridgehead atoms. The van der Waals surface area contributed by atoms with Crippen molar-refractivity contribution < 1.29 is 0 Å². The normalized spacial score (nSPS) is 9.32. The second-order valence-electron chi connectivity index (χ2n) is 4.80. The van der Waals surface area contributed by atoms with Crippen LogP contribution in [0.5, 0.6) is 0 Å². The number of hydrogen-bond donors (Lipinski definition) is 2. The Labute approximate surface area is 152 Å². The van der Waals surface area contributed by atoms with Crippen LogP contribution < -0.4 is 11.1 Å². The number of nitriles is 1. The van der Waals surface area contributed by atoms with Crippen molar-refractivity contribution in [1.29, 1.82) is 5.26 Å². The Balaban J connectivity index is 0.00000134. The van der Waals surface area contributed by atoms with E-state index in [1.807, 2.05) is 52.8 Å². The van der Waals surface area contributed by atoms with E-state index in [1.165, 1.54) is 5.56 Å². The molecule has 0 aromatic heterocycles. The number of nitrogens with one attached hydrogen (secondary N) is 1. The molecular formula is C21H30N4. The molecule has 0 aliphatic heterocycles. The van der Waals surface area contributed by atoms with Gasteiger partial charge in [0.05, 0.1) is 29.3 Å². The molecule has 134 valence electrons. The standard InChI is InChI=1S/C17H18N4.2C2H6/c1-3-13-8-12(2)17(16(19)9-13)21-11-20-15-6-4-14(10-18)5-7-15;2*1-2/h4-9,11H,3,19H2,1-2H3,(H,20,21);2*1-2H3. The number of hydrogen-bond acceptors (Lipinski definition) is 3. The van der Waals surface area contributed by atoms with Gasteiger partial charge >= 0.3 is 0 Å². The van der Waals surface area contributed by atoms with Crippen molar-refractivity contribution in [3.05, 3.63) is 53.1 Å². The van der Waals surface area contributed by atoms with Crippen molar-refractivity contribution in [2.45, 2.75) is 48.0 Å². The van der Waals surface area contributed by atoms with Crippen molar-refractivity contribution in [3.8, 4) is 6.07 Å². The average molecular weight is 338 g/mol. The lowest BCUT2D eigenvalue weighted by molar-refractivity contribution is 1.13. The number of benzene rings is 2. The maximum Gasteiger partial charge on any atom is 0.0991 e. The molecule has 4 heteroatoms. The van der Waals surface area contributed by atoms with Crippen LogP contribution in [0.2, 0.25) is 0 Å². The highest BCUT2D eigenvalue weighted by Crippen LogP contribution is 2.28. The molecule has 0 heterocycles. The number of aryl methyl sites for hydroxylation is 2. The highest BCUT2D eigenvalue weighted by atomic mass is 14.9. The van der Waals surface area contributed by atoms with Gasteiger partial charge in [-0.3, -0.25) is 0 Å². The molecule has 25 heavy (non-hydrogen) atoms. The van der Waals surface area contributed by atoms with E-state index in [4.69, 9.17) is 11.0 Å². The molecule has 0 fully saturated rings. The first-order valence-electron chi connectivity index (χ1n) is 8.82. The highest BCUT2D eigenvalue weighted by molar-refractivity contribution is 5.81. The Hall–Kier alpha value is -2.80. The Morgan fingerprint density at radius 1 is 1.12 bits per heavy atom. The van der Waals surface area contributed by atoms with Gasteiger partial charge in [-0.05, 0) is 54.8 Å². The van der Waals surface area contributed by atoms with Gasteiger partial charge in [0, 0.05) is 5.69 Å². The first-order chi connectivity index (χ1) is 12.1. The van der Waals surface area contributed by atoms with E-state index in [1.54, 1.807) is 18.5 Å². The fourth-order valence-corrected chi connectivity index (χ4v) is 2.08. The molecule has 0 spiro atoms. The molecule has 2 aromatic rings. The van der Waals surface area contributed by atoms with Gasteiger partial charge in [0.25, 0.3) is 0 Å². The molecule has 0 saturated carbocycles. The van der Waals surface area contributed by atoms with Crippen LogP contribution in [-0.4, -0.2) is 6.34 Å². The molecule has 0 radical (unpaired) electrons. The van der Waals surface area contributed by atoms with Crippen LogP contribution in [0.4, 0.5) is 17.1 Å². The van der Waals surface area contributed by atoms with Crippen LogP contribution in [-0.2, 0) is 6.42 Å². The lowest BCUT2D eigenvalue weighted by atomic mass is 10.1. The molecule has 0 atom stereocenters. The van der Waals surface area contributed by atoms with Gasteiger partial charge in [-0.25, -0.2) is 4.99 Å². The number of nitrogens with zero attached hydrogens (tertiary/aromatic N) is 2. The van der Waals surface area contributed by atoms with Crippen molar-refractivity contribution >= 4 is 23.4 Å². The summed E-state index contributed by atoms with van der Waals surface area (Å²) in [6, 6.07) is 13.3. The van der Waals surface area contributed by atoms with Gasteiger partial charge in [-0.2, -0.15) is 5.26 Å². The fraction of sp³-hybridized carbons (Fsp3) is 0.333. The maximum atomic E-state index is 8.75. The maximum absolute atomic E-state index is 8.75. The third kappa shape index (κ3) is 7.09. The quantitative estimate of drug-likeness (QED) is 0.418. The Morgan fingerprint density at radius 2 is 1.72 bits per heavy atom. The van der Waals surface area contributed by atoms with Crippen molar-refractivity contribution in [2.24, 2.45) is 4.99 Å². The molecule has 2 rings (SSSR count). The van der Waals surface area contributed by atoms with E-state index < -0.39 is 0 Å². The summed E-state index contributed by atoms with van der Waals surface area (Å²) in [7, 11) is 0. The molecular weight excluding hydrogens is 308 g/mol. The second-order valence-corrected chi connectivity index (χ2v) is 4.80. The summed E-state index contributed by atoms with van der Waals surface area (Å²) < 4.78 is 0. The van der Waals surface area contributed by atoms with E-state index in [-0.39, 0.29) is 0 Å². The molecule has 0 unspecified atom stereocenters. The average Bonchev–Trinajstić information content (AvgIpc) is 2.67. The van der Waals surface area contributed by atoms with Crippen molar-refractivity contribution in [2.75, 3.05) is 11.1 Å². The van der Waals surface area contributed by atoms with Crippen LogP contribution in [0, 0.1) is 18.3 Å². The lowest BCUT2D eigenvalue weighted by Gasteiger charge is -2.07. The summed E-state index contributed by atoms with van der Waals surface area (Å²) in [5.74, 6) is 0. The molecule has 0 amide bonds. The predicted octanol–water partition coefficient (Wildman–Crippen LogP) is 5.84. The van der Waals surface area contributed by atoms with Gasteiger partial charge < -0.3 is 11.1 Å². The third-order valence-corrected chi connectivity index (χ3v) is 3.24. The first-order valence-corrected chi connectivity index (χ1v) is 8.82. The van der Waals surface area contributed by atoms with Crippen LogP contribution in [0.25, 0.3) is 0 Å². The number of rotatable bonds is 4. The highest BCUT2D eigenvalue weighted by Gasteiger charge is 2.03. The molecule has 0 aliphatic rings. The lowest BCUT2D eigenvalue weighted by Crippen LogP contribution is -1.96. The fourth-order valence-electron chi connectivity index (χ4n) is 2.08. The first kappa shape index (κ1) is 22.2. The third-order valence-electron chi connectivity index (χ3n) is 3.24. The van der Waals surface area contributed by atoms with Gasteiger partial charge in [0.1, 0.15) is 0 Å². The van der Waals surface area contributed by atoms with E-state index in [0.29, 0.717) is 11.3 Å². The predicted molar refractivity (Wildman–Crippen MR) is 111 cm³/mol. The summed E-state index contributed by atoms with van der Waals surface area (Å²) in [6.45, 7) is 12.1. The van der Waals surface area contributed by atoms with E-state index in [2.05, 4.69) is 29.4 Å². The largest absolute Gasteiger partial charge is 0.397 e. The van der Waals surface area contributed by atoms with Crippen LogP contribution >= 0.6 is 0 Å². The van der Waals surface area contributed by atoms with Crippen LogP contribution in [0.1, 0.15) is 51.3 Å². The Morgan fingerprint density at radius 3 is 2.20 bits per heavy atom. The zero-order valence-corrected chi connectivity index (χ0v) is 16.2. The van der Waals surface area contributed by atoms with Crippen LogP contribution in [0.3, 0.4) is 0 Å². The molecule has 3 N–H and O–H groups in total. The summed E-state index contributed by atoms with van der Waals surface area (Å²) in [5, 5.41) is 11.8. The van der Waals surface area contributed by atoms with Crippen LogP contribution in [0.15, 0.2) is 41.4 Å². The minimum Gasteiger partial charge on any atom is -0.397 e. The number of nitrogen functional groups attached to an aromatic ring is 1. The molecule has 2 aromatic carbocycles. The zero-order chi connectivity index (χ0) is 19.2. The Kier molecular flexibility index (Phi) is 11.2. The summed E-state index contributed by atoms with van der Waals surface area (Å²) in [5.41, 5.74) is 11.3. The van der Waals surface area contributed by atoms with E-state index in [9.17, 15) is 0 Å². The van der Waals surface area contributed by atoms with Gasteiger partial charge in [-0.15, -0.1) is 0 Å². The second kappa shape index (κ2) is 12.6. The van der Waals surface area contributed by atoms with E-state index in [0.717, 1.165) is 23.4 Å². The number of anilines is 2. The van der Waals surface area contributed by atoms with Gasteiger partial charge in [0.2, 0.25) is 0 Å². The van der Waals surface area contributed by atoms with Crippen molar-refractivity contribution in [3.63, 3.8) is 0 Å². The summed E-state index contributed by atoms with van der Waals surface area (Å²) in [6.07, 6.45) is 2.57. The van der Waals surface area contributed by atoms with Gasteiger partial charge in [0.15, 0.2) is 0 Å². The van der Waals surface area contributed by atoms with E-state index >= 15 is 0 Å². The SMILES string of the molecule is CC.CC.CCc1cc(C)c(N=CNc2ccc(C#N)cc2)c(N)c1. The minimum absolute atomic E-state index is 0.632. The van der Waals surface area contributed by atoms with Gasteiger partial charge in [-0.1, -0.05) is 40.7 Å². The molecule has 4 nitrogen and oxygen atoms in total. The monoisotopic (exact) mass is 338 g/mol. The zero-order valence-electron chi connectivity index (χ0n) is 16.2. The minimum atomic E-state index is 0.632. The summed E-state index contributed by atoms with van der Waals surface area (Å²) in [4.78, 5) is 4.39. The topological polar surface area (TPSA) is 74.2 Å². The summed E-state index contributed by atoms with van der Waals surface area (Å²) >= 11 is 0. The molecule has 0 aliphatic carbocycles. The Bertz CT molecular complexity index is 672.